The first-order valence-electron chi connectivity index (χ1n) is 12.2. The Balaban J connectivity index is 1.51. The highest BCUT2D eigenvalue weighted by molar-refractivity contribution is 5.13. The largest absolute Gasteiger partial charge is 0.0882 e. The van der Waals surface area contributed by atoms with Crippen molar-refractivity contribution >= 4 is 0 Å². The van der Waals surface area contributed by atoms with E-state index >= 15 is 0 Å². The fourth-order valence-corrected chi connectivity index (χ4v) is 8.44. The van der Waals surface area contributed by atoms with E-state index < -0.39 is 0 Å². The van der Waals surface area contributed by atoms with Gasteiger partial charge in [0, 0.05) is 0 Å². The van der Waals surface area contributed by atoms with Gasteiger partial charge in [-0.3, -0.25) is 0 Å². The first-order valence-corrected chi connectivity index (χ1v) is 12.2. The lowest BCUT2D eigenvalue weighted by molar-refractivity contribution is -0.0988. The van der Waals surface area contributed by atoms with Crippen LogP contribution in [0, 0.1) is 52.3 Å². The molecular weight excluding hydrogens is 324 g/mol. The van der Waals surface area contributed by atoms with Crippen molar-refractivity contribution in [2.24, 2.45) is 52.3 Å². The van der Waals surface area contributed by atoms with Crippen LogP contribution in [0.4, 0.5) is 0 Å². The molecule has 0 aromatic heterocycles. The summed E-state index contributed by atoms with van der Waals surface area (Å²) in [5, 5.41) is 0. The molecule has 3 fully saturated rings. The second kappa shape index (κ2) is 7.38. The molecule has 4 aliphatic rings. The summed E-state index contributed by atoms with van der Waals surface area (Å²) in [6.45, 7) is 12.6. The minimum Gasteiger partial charge on any atom is -0.0882 e. The molecule has 3 saturated carbocycles. The van der Waals surface area contributed by atoms with Gasteiger partial charge in [0.1, 0.15) is 0 Å². The molecule has 4 rings (SSSR count). The van der Waals surface area contributed by atoms with Crippen LogP contribution >= 0.6 is 0 Å². The van der Waals surface area contributed by atoms with Crippen LogP contribution in [0.3, 0.4) is 0 Å². The third kappa shape index (κ3) is 3.28. The van der Waals surface area contributed by atoms with Crippen molar-refractivity contribution in [1.82, 2.24) is 0 Å². The summed E-state index contributed by atoms with van der Waals surface area (Å²) < 4.78 is 0. The first kappa shape index (κ1) is 19.8. The molecule has 8 atom stereocenters. The monoisotopic (exact) mass is 368 g/mol. The number of rotatable bonds is 4. The molecule has 0 amide bonds. The Hall–Kier alpha value is -0.520. The van der Waals surface area contributed by atoms with Crippen LogP contribution in [0.25, 0.3) is 0 Å². The van der Waals surface area contributed by atoms with Gasteiger partial charge in [0.15, 0.2) is 0 Å². The number of allylic oxidation sites excluding steroid dienone is 4. The van der Waals surface area contributed by atoms with Crippen LogP contribution in [-0.4, -0.2) is 0 Å². The summed E-state index contributed by atoms with van der Waals surface area (Å²) in [4.78, 5) is 0. The lowest BCUT2D eigenvalue weighted by Crippen LogP contribution is -2.52. The smallest absolute Gasteiger partial charge is 0.0228 e. The fraction of sp³-hybridized carbons (Fsp3) is 0.852. The summed E-state index contributed by atoms with van der Waals surface area (Å²) in [6, 6.07) is 0. The van der Waals surface area contributed by atoms with Gasteiger partial charge in [-0.25, -0.2) is 0 Å². The highest BCUT2D eigenvalue weighted by Crippen LogP contribution is 2.67. The molecule has 0 nitrogen and oxygen atoms in total. The Morgan fingerprint density at radius 2 is 1.70 bits per heavy atom. The number of fused-ring (bicyclic) bond motifs is 5. The quantitative estimate of drug-likeness (QED) is 0.440. The highest BCUT2D eigenvalue weighted by Gasteiger charge is 2.59. The SMILES string of the molecule is CC(C)CC=C[C@@H](C)[C@H]1CC[C@H]2[C@@H]3CC[C@H]4CC=CC[C@]4(C)[C@H]3CC[C@]12C. The van der Waals surface area contributed by atoms with E-state index in [4.69, 9.17) is 0 Å². The standard InChI is InChI=1S/C27H44/c1-19(2)9-8-10-20(3)23-14-15-24-22-13-12-21-11-6-7-17-26(21,4)25(22)16-18-27(23,24)5/h6-8,10,19-25H,9,11-18H2,1-5H3/t20-,21-,22+,23-,24+,25+,26+,27-/m1/s1. The predicted molar refractivity (Wildman–Crippen MR) is 117 cm³/mol. The molecule has 0 bridgehead atoms. The molecule has 0 aromatic rings. The Morgan fingerprint density at radius 1 is 0.926 bits per heavy atom. The second-order valence-corrected chi connectivity index (χ2v) is 11.7. The molecule has 0 radical (unpaired) electrons. The maximum Gasteiger partial charge on any atom is -0.0228 e. The van der Waals surface area contributed by atoms with Crippen LogP contribution < -0.4 is 0 Å². The van der Waals surface area contributed by atoms with E-state index in [1.54, 1.807) is 0 Å². The van der Waals surface area contributed by atoms with Crippen LogP contribution in [0.15, 0.2) is 24.3 Å². The van der Waals surface area contributed by atoms with Gasteiger partial charge in [-0.2, -0.15) is 0 Å². The van der Waals surface area contributed by atoms with Crippen LogP contribution in [-0.2, 0) is 0 Å². The van der Waals surface area contributed by atoms with Crippen LogP contribution in [0.5, 0.6) is 0 Å². The van der Waals surface area contributed by atoms with Crippen molar-refractivity contribution in [2.45, 2.75) is 92.4 Å². The Labute approximate surface area is 169 Å². The van der Waals surface area contributed by atoms with E-state index in [9.17, 15) is 0 Å². The van der Waals surface area contributed by atoms with E-state index in [1.807, 2.05) is 0 Å². The maximum absolute atomic E-state index is 2.70. The molecule has 0 saturated heterocycles. The molecule has 0 unspecified atom stereocenters. The van der Waals surface area contributed by atoms with Gasteiger partial charge in [0.05, 0.1) is 0 Å². The molecule has 0 spiro atoms. The van der Waals surface area contributed by atoms with Crippen molar-refractivity contribution in [1.29, 1.82) is 0 Å². The predicted octanol–water partition coefficient (Wildman–Crippen LogP) is 8.05. The Morgan fingerprint density at radius 3 is 2.48 bits per heavy atom. The second-order valence-electron chi connectivity index (χ2n) is 11.7. The average molecular weight is 369 g/mol. The van der Waals surface area contributed by atoms with E-state index in [0.717, 1.165) is 41.4 Å². The molecule has 0 heterocycles. The average Bonchev–Trinajstić information content (AvgIpc) is 2.98. The normalized spacial score (nSPS) is 47.7. The van der Waals surface area contributed by atoms with Crippen molar-refractivity contribution < 1.29 is 0 Å². The molecular formula is C27H44. The van der Waals surface area contributed by atoms with Crippen LogP contribution in [0.1, 0.15) is 92.4 Å². The summed E-state index contributed by atoms with van der Waals surface area (Å²) >= 11 is 0. The minimum atomic E-state index is 0.608. The van der Waals surface area contributed by atoms with Gasteiger partial charge in [0.25, 0.3) is 0 Å². The molecule has 0 heteroatoms. The van der Waals surface area contributed by atoms with Gasteiger partial charge < -0.3 is 0 Å². The summed E-state index contributed by atoms with van der Waals surface area (Å²) in [5.41, 5.74) is 1.22. The van der Waals surface area contributed by atoms with Gasteiger partial charge in [-0.15, -0.1) is 0 Å². The van der Waals surface area contributed by atoms with Crippen molar-refractivity contribution in [3.8, 4) is 0 Å². The van der Waals surface area contributed by atoms with Crippen molar-refractivity contribution in [2.75, 3.05) is 0 Å². The molecule has 0 aromatic carbocycles. The Bertz CT molecular complexity index is 583. The third-order valence-electron chi connectivity index (χ3n) is 9.97. The van der Waals surface area contributed by atoms with Crippen molar-refractivity contribution in [3.05, 3.63) is 24.3 Å². The summed E-state index contributed by atoms with van der Waals surface area (Å²) in [6.07, 6.45) is 23.1. The highest BCUT2D eigenvalue weighted by atomic mass is 14.6. The lowest BCUT2D eigenvalue weighted by Gasteiger charge is -2.60. The third-order valence-corrected chi connectivity index (χ3v) is 9.97. The number of hydrogen-bond acceptors (Lipinski definition) is 0. The summed E-state index contributed by atoms with van der Waals surface area (Å²) in [5.74, 6) is 6.48. The zero-order chi connectivity index (χ0) is 19.2. The maximum atomic E-state index is 2.70. The first-order chi connectivity index (χ1) is 12.9. The zero-order valence-corrected chi connectivity index (χ0v) is 18.7. The topological polar surface area (TPSA) is 0 Å². The van der Waals surface area contributed by atoms with E-state index in [-0.39, 0.29) is 0 Å². The van der Waals surface area contributed by atoms with E-state index in [0.29, 0.717) is 10.8 Å². The summed E-state index contributed by atoms with van der Waals surface area (Å²) in [7, 11) is 0. The molecule has 152 valence electrons. The van der Waals surface area contributed by atoms with Gasteiger partial charge >= 0.3 is 0 Å². The Kier molecular flexibility index (Phi) is 5.41. The van der Waals surface area contributed by atoms with Gasteiger partial charge in [-0.05, 0) is 110 Å². The zero-order valence-electron chi connectivity index (χ0n) is 18.7. The molecule has 4 aliphatic carbocycles. The fourth-order valence-electron chi connectivity index (χ4n) is 8.44. The molecule has 27 heavy (non-hydrogen) atoms. The van der Waals surface area contributed by atoms with Crippen LogP contribution in [0.2, 0.25) is 0 Å². The van der Waals surface area contributed by atoms with E-state index in [2.05, 4.69) is 58.9 Å². The number of hydrogen-bond donors (Lipinski definition) is 0. The van der Waals surface area contributed by atoms with Gasteiger partial charge in [-0.1, -0.05) is 58.9 Å². The van der Waals surface area contributed by atoms with E-state index in [1.165, 1.54) is 57.8 Å². The van der Waals surface area contributed by atoms with Crippen molar-refractivity contribution in [3.63, 3.8) is 0 Å². The molecule has 0 N–H and O–H groups in total. The minimum absolute atomic E-state index is 0.608. The molecule has 0 aliphatic heterocycles. The van der Waals surface area contributed by atoms with Gasteiger partial charge in [0.2, 0.25) is 0 Å². The lowest BCUT2D eigenvalue weighted by atomic mass is 9.45.